The third-order valence-corrected chi connectivity index (χ3v) is 3.30. The predicted octanol–water partition coefficient (Wildman–Crippen LogP) is 1.95. The molecule has 0 radical (unpaired) electrons. The van der Waals surface area contributed by atoms with Gasteiger partial charge in [-0.05, 0) is 32.8 Å². The number of nitrogens with one attached hydrogen (secondary N) is 2. The molecule has 1 atom stereocenters. The number of nitrogens with zero attached hydrogens (tertiary/aromatic N) is 1. The first-order chi connectivity index (χ1) is 9.54. The highest BCUT2D eigenvalue weighted by Crippen LogP contribution is 2.20. The van der Waals surface area contributed by atoms with Gasteiger partial charge < -0.3 is 15.4 Å². The van der Waals surface area contributed by atoms with Crippen LogP contribution in [0.15, 0.2) is 12.3 Å². The Bertz CT molecular complexity index is 487. The summed E-state index contributed by atoms with van der Waals surface area (Å²) in [7, 11) is 0. The molecule has 1 aromatic heterocycles. The Hall–Kier alpha value is -1.69. The maximum atomic E-state index is 13.3. The molecule has 1 fully saturated rings. The predicted molar refractivity (Wildman–Crippen MR) is 74.3 cm³/mol. The molecule has 0 bridgehead atoms. The van der Waals surface area contributed by atoms with Gasteiger partial charge in [0.15, 0.2) is 0 Å². The topological polar surface area (TPSA) is 63.2 Å². The first-order valence-corrected chi connectivity index (χ1v) is 6.84. The van der Waals surface area contributed by atoms with Gasteiger partial charge in [-0.1, -0.05) is 0 Å². The van der Waals surface area contributed by atoms with Crippen LogP contribution in [0.2, 0.25) is 0 Å². The van der Waals surface area contributed by atoms with Crippen LogP contribution in [0.5, 0.6) is 0 Å². The number of aromatic nitrogens is 1. The second-order valence-corrected chi connectivity index (χ2v) is 5.25. The highest BCUT2D eigenvalue weighted by molar-refractivity contribution is 5.99. The molecule has 0 spiro atoms. The van der Waals surface area contributed by atoms with E-state index in [-0.39, 0.29) is 11.5 Å². The molecule has 1 aromatic rings. The maximum Gasteiger partial charge on any atom is 0.255 e. The lowest BCUT2D eigenvalue weighted by Gasteiger charge is -2.34. The van der Waals surface area contributed by atoms with E-state index in [1.54, 1.807) is 0 Å². The summed E-state index contributed by atoms with van der Waals surface area (Å²) in [5.74, 6) is -0.463. The van der Waals surface area contributed by atoms with Crippen molar-refractivity contribution in [1.82, 2.24) is 10.3 Å². The van der Waals surface area contributed by atoms with Crippen molar-refractivity contribution in [2.45, 2.75) is 32.2 Å². The van der Waals surface area contributed by atoms with E-state index < -0.39 is 11.4 Å². The van der Waals surface area contributed by atoms with E-state index in [0.29, 0.717) is 19.0 Å². The van der Waals surface area contributed by atoms with Gasteiger partial charge >= 0.3 is 0 Å². The lowest BCUT2D eigenvalue weighted by Crippen LogP contribution is -2.51. The normalized spacial score (nSPS) is 22.4. The Balaban J connectivity index is 2.17. The van der Waals surface area contributed by atoms with Gasteiger partial charge in [-0.3, -0.25) is 4.79 Å². The zero-order chi connectivity index (χ0) is 14.6. The fraction of sp³-hybridized carbons (Fsp3) is 0.571. The van der Waals surface area contributed by atoms with Gasteiger partial charge in [0, 0.05) is 13.2 Å². The summed E-state index contributed by atoms with van der Waals surface area (Å²) in [5.41, 5.74) is -0.191. The van der Waals surface area contributed by atoms with Crippen molar-refractivity contribution < 1.29 is 13.9 Å². The summed E-state index contributed by atoms with van der Waals surface area (Å²) in [6.45, 7) is 5.62. The fourth-order valence-corrected chi connectivity index (χ4v) is 2.29. The van der Waals surface area contributed by atoms with Crippen molar-refractivity contribution >= 4 is 11.7 Å². The van der Waals surface area contributed by atoms with Gasteiger partial charge in [0.25, 0.3) is 5.91 Å². The van der Waals surface area contributed by atoms with Crippen molar-refractivity contribution in [2.75, 3.05) is 25.1 Å². The van der Waals surface area contributed by atoms with Crippen molar-refractivity contribution in [3.8, 4) is 0 Å². The van der Waals surface area contributed by atoms with Crippen LogP contribution in [0.1, 0.15) is 37.0 Å². The van der Waals surface area contributed by atoms with Crippen LogP contribution >= 0.6 is 0 Å². The standard InChI is InChI=1S/C14H20FN3O2/c1-3-16-12-11(7-10(15)8-17-12)13(19)18-14(2)5-4-6-20-9-14/h7-8H,3-6,9H2,1-2H3,(H,16,17)(H,18,19). The molecular weight excluding hydrogens is 261 g/mol. The number of anilines is 1. The maximum absolute atomic E-state index is 13.3. The Morgan fingerprint density at radius 3 is 3.05 bits per heavy atom. The van der Waals surface area contributed by atoms with Crippen LogP contribution in [-0.2, 0) is 4.74 Å². The zero-order valence-electron chi connectivity index (χ0n) is 11.8. The lowest BCUT2D eigenvalue weighted by atomic mass is 9.94. The SMILES string of the molecule is CCNc1ncc(F)cc1C(=O)NC1(C)CCCOC1. The quantitative estimate of drug-likeness (QED) is 0.885. The minimum Gasteiger partial charge on any atom is -0.379 e. The first-order valence-electron chi connectivity index (χ1n) is 6.84. The molecule has 0 aromatic carbocycles. The summed E-state index contributed by atoms with van der Waals surface area (Å²) in [6.07, 6.45) is 2.84. The fourth-order valence-electron chi connectivity index (χ4n) is 2.29. The number of halogens is 1. The minimum absolute atomic E-state index is 0.221. The van der Waals surface area contributed by atoms with Crippen LogP contribution in [0.4, 0.5) is 10.2 Å². The molecule has 20 heavy (non-hydrogen) atoms. The largest absolute Gasteiger partial charge is 0.379 e. The van der Waals surface area contributed by atoms with E-state index >= 15 is 0 Å². The Kier molecular flexibility index (Phi) is 4.54. The second-order valence-electron chi connectivity index (χ2n) is 5.25. The molecule has 0 saturated carbocycles. The molecule has 1 aliphatic rings. The van der Waals surface area contributed by atoms with Crippen LogP contribution in [0.25, 0.3) is 0 Å². The zero-order valence-corrected chi connectivity index (χ0v) is 11.8. The second kappa shape index (κ2) is 6.17. The van der Waals surface area contributed by atoms with E-state index in [1.807, 2.05) is 13.8 Å². The molecule has 0 aliphatic carbocycles. The Morgan fingerprint density at radius 1 is 1.60 bits per heavy atom. The monoisotopic (exact) mass is 281 g/mol. The van der Waals surface area contributed by atoms with Crippen molar-refractivity contribution in [2.24, 2.45) is 0 Å². The summed E-state index contributed by atoms with van der Waals surface area (Å²) in [6, 6.07) is 1.20. The molecule has 2 N–H and O–H groups in total. The van der Waals surface area contributed by atoms with E-state index in [4.69, 9.17) is 4.74 Å². The third kappa shape index (κ3) is 3.45. The van der Waals surface area contributed by atoms with Crippen LogP contribution in [0.3, 0.4) is 0 Å². The summed E-state index contributed by atoms with van der Waals surface area (Å²) in [5, 5.41) is 5.89. The molecule has 1 saturated heterocycles. The molecule has 110 valence electrons. The van der Waals surface area contributed by atoms with Crippen molar-refractivity contribution in [3.63, 3.8) is 0 Å². The molecule has 1 amide bonds. The van der Waals surface area contributed by atoms with Crippen molar-refractivity contribution in [3.05, 3.63) is 23.6 Å². The first kappa shape index (κ1) is 14.7. The van der Waals surface area contributed by atoms with Gasteiger partial charge in [0.1, 0.15) is 11.6 Å². The molecule has 2 heterocycles. The van der Waals surface area contributed by atoms with Crippen LogP contribution < -0.4 is 10.6 Å². The number of amides is 1. The summed E-state index contributed by atoms with van der Waals surface area (Å²) < 4.78 is 18.7. The number of hydrogen-bond acceptors (Lipinski definition) is 4. The van der Waals surface area contributed by atoms with E-state index in [0.717, 1.165) is 25.6 Å². The van der Waals surface area contributed by atoms with Gasteiger partial charge in [-0.25, -0.2) is 9.37 Å². The number of ether oxygens (including phenoxy) is 1. The third-order valence-electron chi connectivity index (χ3n) is 3.30. The smallest absolute Gasteiger partial charge is 0.255 e. The highest BCUT2D eigenvalue weighted by atomic mass is 19.1. The molecule has 1 aliphatic heterocycles. The summed E-state index contributed by atoms with van der Waals surface area (Å²) in [4.78, 5) is 16.3. The number of carbonyl (C=O) groups is 1. The number of pyridine rings is 1. The van der Waals surface area contributed by atoms with Crippen LogP contribution in [0, 0.1) is 5.82 Å². The van der Waals surface area contributed by atoms with E-state index in [1.165, 1.54) is 6.07 Å². The number of rotatable bonds is 4. The van der Waals surface area contributed by atoms with Gasteiger partial charge in [0.05, 0.1) is 23.9 Å². The highest BCUT2D eigenvalue weighted by Gasteiger charge is 2.30. The van der Waals surface area contributed by atoms with E-state index in [9.17, 15) is 9.18 Å². The molecule has 6 heteroatoms. The Labute approximate surface area is 117 Å². The average Bonchev–Trinajstić information content (AvgIpc) is 2.41. The number of hydrogen-bond donors (Lipinski definition) is 2. The van der Waals surface area contributed by atoms with Gasteiger partial charge in [-0.2, -0.15) is 0 Å². The van der Waals surface area contributed by atoms with Gasteiger partial charge in [0.2, 0.25) is 0 Å². The molecule has 2 rings (SSSR count). The van der Waals surface area contributed by atoms with Gasteiger partial charge in [-0.15, -0.1) is 0 Å². The lowest BCUT2D eigenvalue weighted by molar-refractivity contribution is 0.0272. The minimum atomic E-state index is -0.526. The van der Waals surface area contributed by atoms with Crippen LogP contribution in [-0.4, -0.2) is 36.2 Å². The van der Waals surface area contributed by atoms with E-state index in [2.05, 4.69) is 15.6 Å². The molecule has 1 unspecified atom stereocenters. The Morgan fingerprint density at radius 2 is 2.40 bits per heavy atom. The molecule has 5 nitrogen and oxygen atoms in total. The average molecular weight is 281 g/mol. The number of carbonyl (C=O) groups excluding carboxylic acids is 1. The molecular formula is C14H20FN3O2. The van der Waals surface area contributed by atoms with Crippen molar-refractivity contribution in [1.29, 1.82) is 0 Å². The summed E-state index contributed by atoms with van der Waals surface area (Å²) >= 11 is 0.